The molecule has 7 heteroatoms. The van der Waals surface area contributed by atoms with Crippen molar-refractivity contribution in [1.82, 2.24) is 4.90 Å². The molecule has 2 unspecified atom stereocenters. The second kappa shape index (κ2) is 7.88. The van der Waals surface area contributed by atoms with E-state index in [1.807, 2.05) is 6.92 Å². The number of hydrogen-bond donors (Lipinski definition) is 0. The summed E-state index contributed by atoms with van der Waals surface area (Å²) in [6.45, 7) is 3.66. The summed E-state index contributed by atoms with van der Waals surface area (Å²) >= 11 is 0. The molecule has 2 aromatic rings. The topological polar surface area (TPSA) is 57.7 Å². The average molecular weight is 386 g/mol. The first kappa shape index (κ1) is 19.7. The monoisotopic (exact) mass is 386 g/mol. The van der Waals surface area contributed by atoms with Gasteiger partial charge in [-0.2, -0.15) is 0 Å². The Balaban J connectivity index is 1.93. The van der Waals surface area contributed by atoms with Gasteiger partial charge in [-0.15, -0.1) is 0 Å². The number of hydrogen-bond acceptors (Lipinski definition) is 3. The van der Waals surface area contributed by atoms with Crippen molar-refractivity contribution in [2.45, 2.75) is 38.8 Å². The maximum Gasteiger partial charge on any atom is 0.257 e. The van der Waals surface area contributed by atoms with Crippen LogP contribution in [0.2, 0.25) is 0 Å². The lowest BCUT2D eigenvalue weighted by atomic mass is 10.1. The van der Waals surface area contributed by atoms with E-state index in [-0.39, 0.29) is 23.7 Å². The molecule has 1 aliphatic heterocycles. The third-order valence-corrected chi connectivity index (χ3v) is 4.93. The molecule has 2 aromatic carbocycles. The lowest BCUT2D eigenvalue weighted by Gasteiger charge is -2.33. The number of amides is 3. The van der Waals surface area contributed by atoms with Crippen LogP contribution < -0.4 is 4.90 Å². The van der Waals surface area contributed by atoms with Crippen molar-refractivity contribution in [3.05, 3.63) is 65.7 Å². The molecule has 0 saturated carbocycles. The number of halogens is 2. The maximum absolute atomic E-state index is 13.2. The first-order valence-corrected chi connectivity index (χ1v) is 9.04. The molecule has 28 heavy (non-hydrogen) atoms. The highest BCUT2D eigenvalue weighted by molar-refractivity contribution is 6.23. The highest BCUT2D eigenvalue weighted by Crippen LogP contribution is 2.28. The van der Waals surface area contributed by atoms with Gasteiger partial charge in [0.15, 0.2) is 0 Å². The maximum atomic E-state index is 13.2. The SMILES string of the molecule is CCC(C)N(C(=O)c1ccc(F)cc1)C1CC(=O)N(c2ccc(F)cc2)C1=O. The number of anilines is 1. The van der Waals surface area contributed by atoms with E-state index in [4.69, 9.17) is 0 Å². The van der Waals surface area contributed by atoms with Gasteiger partial charge in [0, 0.05) is 11.6 Å². The molecular formula is C21H20F2N2O3. The molecule has 0 aromatic heterocycles. The summed E-state index contributed by atoms with van der Waals surface area (Å²) in [6.07, 6.45) is 0.412. The van der Waals surface area contributed by atoms with Gasteiger partial charge in [-0.1, -0.05) is 6.92 Å². The molecule has 0 radical (unpaired) electrons. The van der Waals surface area contributed by atoms with Gasteiger partial charge >= 0.3 is 0 Å². The minimum absolute atomic E-state index is 0.159. The number of carbonyl (C=O) groups is 3. The predicted octanol–water partition coefficient (Wildman–Crippen LogP) is 3.54. The molecule has 1 fully saturated rings. The van der Waals surface area contributed by atoms with Crippen molar-refractivity contribution >= 4 is 23.4 Å². The van der Waals surface area contributed by atoms with E-state index in [1.165, 1.54) is 53.4 Å². The Hall–Kier alpha value is -3.09. The highest BCUT2D eigenvalue weighted by atomic mass is 19.1. The summed E-state index contributed by atoms with van der Waals surface area (Å²) < 4.78 is 26.4. The van der Waals surface area contributed by atoms with E-state index < -0.39 is 35.4 Å². The van der Waals surface area contributed by atoms with Crippen LogP contribution >= 0.6 is 0 Å². The molecule has 1 aliphatic rings. The van der Waals surface area contributed by atoms with Gasteiger partial charge in [-0.25, -0.2) is 13.7 Å². The fourth-order valence-electron chi connectivity index (χ4n) is 3.28. The van der Waals surface area contributed by atoms with Crippen LogP contribution in [0.1, 0.15) is 37.0 Å². The lowest BCUT2D eigenvalue weighted by Crippen LogP contribution is -2.49. The first-order valence-electron chi connectivity index (χ1n) is 9.04. The van der Waals surface area contributed by atoms with E-state index in [9.17, 15) is 23.2 Å². The number of nitrogens with zero attached hydrogens (tertiary/aromatic N) is 2. The summed E-state index contributed by atoms with van der Waals surface area (Å²) in [7, 11) is 0. The normalized spacial score (nSPS) is 17.7. The standard InChI is InChI=1S/C21H20F2N2O3/c1-3-13(2)24(20(27)14-4-6-15(22)7-5-14)18-12-19(26)25(21(18)28)17-10-8-16(23)9-11-17/h4-11,13,18H,3,12H2,1-2H3. The van der Waals surface area contributed by atoms with Crippen LogP contribution in [0.5, 0.6) is 0 Å². The van der Waals surface area contributed by atoms with E-state index in [1.54, 1.807) is 6.92 Å². The average Bonchev–Trinajstić information content (AvgIpc) is 2.97. The number of imide groups is 1. The predicted molar refractivity (Wildman–Crippen MR) is 99.6 cm³/mol. The van der Waals surface area contributed by atoms with E-state index in [0.717, 1.165) is 4.90 Å². The molecule has 0 aliphatic carbocycles. The largest absolute Gasteiger partial charge is 0.323 e. The summed E-state index contributed by atoms with van der Waals surface area (Å²) in [5.74, 6) is -2.39. The Morgan fingerprint density at radius 3 is 2.14 bits per heavy atom. The quantitative estimate of drug-likeness (QED) is 0.739. The Morgan fingerprint density at radius 2 is 1.61 bits per heavy atom. The molecule has 1 heterocycles. The summed E-state index contributed by atoms with van der Waals surface area (Å²) in [6, 6.07) is 8.81. The zero-order chi connectivity index (χ0) is 20.4. The van der Waals surface area contributed by atoms with Crippen LogP contribution in [0.3, 0.4) is 0 Å². The molecule has 146 valence electrons. The van der Waals surface area contributed by atoms with Crippen LogP contribution in [0, 0.1) is 11.6 Å². The van der Waals surface area contributed by atoms with Gasteiger partial charge in [0.25, 0.3) is 11.8 Å². The number of benzene rings is 2. The first-order chi connectivity index (χ1) is 13.3. The van der Waals surface area contributed by atoms with E-state index in [2.05, 4.69) is 0 Å². The fraction of sp³-hybridized carbons (Fsp3) is 0.286. The zero-order valence-corrected chi connectivity index (χ0v) is 15.6. The molecule has 3 rings (SSSR count). The summed E-state index contributed by atoms with van der Waals surface area (Å²) in [4.78, 5) is 41.0. The van der Waals surface area contributed by atoms with Gasteiger partial charge in [0.05, 0.1) is 12.1 Å². The molecule has 3 amide bonds. The molecule has 0 N–H and O–H groups in total. The third-order valence-electron chi connectivity index (χ3n) is 4.93. The van der Waals surface area contributed by atoms with Crippen LogP contribution in [0.25, 0.3) is 0 Å². The van der Waals surface area contributed by atoms with E-state index in [0.29, 0.717) is 6.42 Å². The van der Waals surface area contributed by atoms with E-state index >= 15 is 0 Å². The molecule has 2 atom stereocenters. The Kier molecular flexibility index (Phi) is 5.53. The molecule has 0 spiro atoms. The number of rotatable bonds is 5. The third kappa shape index (κ3) is 3.65. The van der Waals surface area contributed by atoms with Gasteiger partial charge < -0.3 is 4.90 Å². The molecular weight excluding hydrogens is 366 g/mol. The summed E-state index contributed by atoms with van der Waals surface area (Å²) in [5.41, 5.74) is 0.499. The van der Waals surface area contributed by atoms with Crippen LogP contribution in [0.4, 0.5) is 14.5 Å². The minimum atomic E-state index is -0.968. The van der Waals surface area contributed by atoms with Crippen molar-refractivity contribution in [3.8, 4) is 0 Å². The Bertz CT molecular complexity index is 897. The van der Waals surface area contributed by atoms with Crippen LogP contribution in [-0.2, 0) is 9.59 Å². The van der Waals surface area contributed by atoms with Crippen molar-refractivity contribution in [2.24, 2.45) is 0 Å². The molecule has 5 nitrogen and oxygen atoms in total. The van der Waals surface area contributed by atoms with Crippen LogP contribution in [-0.4, -0.2) is 34.7 Å². The number of carbonyl (C=O) groups excluding carboxylic acids is 3. The van der Waals surface area contributed by atoms with Crippen LogP contribution in [0.15, 0.2) is 48.5 Å². The van der Waals surface area contributed by atoms with Gasteiger partial charge in [0.2, 0.25) is 5.91 Å². The van der Waals surface area contributed by atoms with Gasteiger partial charge in [-0.05, 0) is 61.9 Å². The Morgan fingerprint density at radius 1 is 1.07 bits per heavy atom. The second-order valence-corrected chi connectivity index (χ2v) is 6.74. The summed E-state index contributed by atoms with van der Waals surface area (Å²) in [5, 5.41) is 0. The fourth-order valence-corrected chi connectivity index (χ4v) is 3.28. The Labute approximate surface area is 161 Å². The van der Waals surface area contributed by atoms with Crippen molar-refractivity contribution < 1.29 is 23.2 Å². The van der Waals surface area contributed by atoms with Crippen molar-refractivity contribution in [3.63, 3.8) is 0 Å². The van der Waals surface area contributed by atoms with Crippen molar-refractivity contribution in [1.29, 1.82) is 0 Å². The lowest BCUT2D eigenvalue weighted by molar-refractivity contribution is -0.122. The highest BCUT2D eigenvalue weighted by Gasteiger charge is 2.45. The zero-order valence-electron chi connectivity index (χ0n) is 15.6. The van der Waals surface area contributed by atoms with Gasteiger partial charge in [0.1, 0.15) is 17.7 Å². The molecule has 0 bridgehead atoms. The van der Waals surface area contributed by atoms with Crippen molar-refractivity contribution in [2.75, 3.05) is 4.90 Å². The minimum Gasteiger partial charge on any atom is -0.323 e. The smallest absolute Gasteiger partial charge is 0.257 e. The molecule has 1 saturated heterocycles. The second-order valence-electron chi connectivity index (χ2n) is 6.74. The van der Waals surface area contributed by atoms with Gasteiger partial charge in [-0.3, -0.25) is 14.4 Å².